The van der Waals surface area contributed by atoms with Gasteiger partial charge in [0, 0.05) is 18.1 Å². The van der Waals surface area contributed by atoms with Crippen molar-refractivity contribution in [2.24, 2.45) is 0 Å². The number of carbonyl (C=O) groups is 1. The normalized spacial score (nSPS) is 15.7. The van der Waals surface area contributed by atoms with Gasteiger partial charge in [-0.1, -0.05) is 28.1 Å². The quantitative estimate of drug-likeness (QED) is 0.232. The number of hydrogen-bond acceptors (Lipinski definition) is 3. The molecule has 8 heteroatoms. The van der Waals surface area contributed by atoms with Gasteiger partial charge in [-0.2, -0.15) is 0 Å². The average molecular weight is 683 g/mol. The maximum Gasteiger partial charge on any atom is 0.276 e. The highest BCUT2D eigenvalue weighted by atomic mass is 127. The minimum Gasteiger partial charge on any atom is -0.487 e. The summed E-state index contributed by atoms with van der Waals surface area (Å²) >= 11 is 13.3. The fourth-order valence-electron chi connectivity index (χ4n) is 2.78. The Morgan fingerprint density at radius 1 is 1.18 bits per heavy atom. The van der Waals surface area contributed by atoms with Crippen LogP contribution in [0.25, 0.3) is 6.08 Å². The predicted molar refractivity (Wildman–Crippen MR) is 136 cm³/mol. The Balaban J connectivity index is 1.83. The Morgan fingerprint density at radius 3 is 2.32 bits per heavy atom. The molecule has 3 rings (SSSR count). The van der Waals surface area contributed by atoms with Crippen LogP contribution in [0.3, 0.4) is 0 Å². The number of rotatable bonds is 5. The smallest absolute Gasteiger partial charge is 0.276 e. The van der Waals surface area contributed by atoms with E-state index >= 15 is 0 Å². The molecule has 146 valence electrons. The van der Waals surface area contributed by atoms with Gasteiger partial charge in [0.25, 0.3) is 5.91 Å². The molecule has 0 saturated carbocycles. The molecule has 1 amide bonds. The molecule has 28 heavy (non-hydrogen) atoms. The average Bonchev–Trinajstić information content (AvgIpc) is 2.85. The number of amides is 1. The molecule has 2 aromatic carbocycles. The molecular formula is C20H17BrI2N2O2S. The molecule has 2 aromatic rings. The molecule has 1 heterocycles. The first-order chi connectivity index (χ1) is 13.3. The van der Waals surface area contributed by atoms with Crippen molar-refractivity contribution in [2.45, 2.75) is 13.5 Å². The molecule has 0 unspecified atom stereocenters. The summed E-state index contributed by atoms with van der Waals surface area (Å²) in [7, 11) is 1.83. The summed E-state index contributed by atoms with van der Waals surface area (Å²) in [6, 6.07) is 12.1. The van der Waals surface area contributed by atoms with E-state index in [1.54, 1.807) is 9.80 Å². The van der Waals surface area contributed by atoms with E-state index in [0.717, 1.165) is 28.5 Å². The monoisotopic (exact) mass is 682 g/mol. The topological polar surface area (TPSA) is 32.8 Å². The highest BCUT2D eigenvalue weighted by molar-refractivity contribution is 14.1. The lowest BCUT2D eigenvalue weighted by Crippen LogP contribution is -2.30. The van der Waals surface area contributed by atoms with Gasteiger partial charge in [0.1, 0.15) is 18.1 Å². The highest BCUT2D eigenvalue weighted by Crippen LogP contribution is 2.31. The second kappa shape index (κ2) is 9.40. The van der Waals surface area contributed by atoms with Gasteiger partial charge in [-0.25, -0.2) is 0 Å². The first-order valence-electron chi connectivity index (χ1n) is 8.49. The van der Waals surface area contributed by atoms with Gasteiger partial charge in [0.05, 0.1) is 7.14 Å². The van der Waals surface area contributed by atoms with Crippen molar-refractivity contribution in [1.29, 1.82) is 0 Å². The van der Waals surface area contributed by atoms with E-state index in [9.17, 15) is 4.79 Å². The summed E-state index contributed by atoms with van der Waals surface area (Å²) in [5, 5.41) is 0.539. The number of hydrogen-bond donors (Lipinski definition) is 0. The molecule has 0 aromatic heterocycles. The molecule has 0 spiro atoms. The van der Waals surface area contributed by atoms with Crippen LogP contribution in [0.15, 0.2) is 46.6 Å². The number of halogens is 3. The number of ether oxygens (including phenoxy) is 1. The molecule has 0 aliphatic carbocycles. The fraction of sp³-hybridized carbons (Fsp3) is 0.200. The van der Waals surface area contributed by atoms with Crippen molar-refractivity contribution < 1.29 is 9.53 Å². The van der Waals surface area contributed by atoms with Crippen molar-refractivity contribution in [3.63, 3.8) is 0 Å². The first-order valence-corrected chi connectivity index (χ1v) is 11.8. The van der Waals surface area contributed by atoms with E-state index in [1.165, 1.54) is 0 Å². The van der Waals surface area contributed by atoms with Crippen LogP contribution >= 0.6 is 73.3 Å². The van der Waals surface area contributed by atoms with E-state index in [4.69, 9.17) is 17.0 Å². The molecular weight excluding hydrogens is 666 g/mol. The van der Waals surface area contributed by atoms with Gasteiger partial charge in [-0.15, -0.1) is 0 Å². The van der Waals surface area contributed by atoms with Crippen LogP contribution < -0.4 is 4.74 Å². The van der Waals surface area contributed by atoms with Crippen LogP contribution in [0.5, 0.6) is 5.75 Å². The second-order valence-electron chi connectivity index (χ2n) is 6.15. The summed E-state index contributed by atoms with van der Waals surface area (Å²) in [6.45, 7) is 2.99. The molecule has 0 N–H and O–H groups in total. The zero-order valence-corrected chi connectivity index (χ0v) is 21.9. The van der Waals surface area contributed by atoms with Crippen LogP contribution in [0.1, 0.15) is 18.1 Å². The number of nitrogens with zero attached hydrogens (tertiary/aromatic N) is 2. The van der Waals surface area contributed by atoms with Crippen molar-refractivity contribution in [3.05, 3.63) is 64.8 Å². The van der Waals surface area contributed by atoms with E-state index in [1.807, 2.05) is 56.4 Å². The molecule has 1 fully saturated rings. The van der Waals surface area contributed by atoms with Gasteiger partial charge >= 0.3 is 0 Å². The van der Waals surface area contributed by atoms with Crippen LogP contribution in [0.2, 0.25) is 0 Å². The van der Waals surface area contributed by atoms with E-state index < -0.39 is 0 Å². The Morgan fingerprint density at radius 2 is 1.79 bits per heavy atom. The number of thiocarbonyl (C=S) groups is 1. The molecule has 1 saturated heterocycles. The van der Waals surface area contributed by atoms with Crippen LogP contribution in [-0.2, 0) is 11.4 Å². The lowest BCUT2D eigenvalue weighted by molar-refractivity contribution is -0.122. The van der Waals surface area contributed by atoms with Crippen LogP contribution in [0, 0.1) is 7.14 Å². The third-order valence-corrected chi connectivity index (χ3v) is 6.91. The van der Waals surface area contributed by atoms with E-state index in [2.05, 4.69) is 61.1 Å². The van der Waals surface area contributed by atoms with Crippen LogP contribution in [-0.4, -0.2) is 34.4 Å². The number of likely N-dealkylation sites (N-methyl/N-ethyl adjacent to an activating group) is 2. The molecule has 1 aliphatic heterocycles. The van der Waals surface area contributed by atoms with Gasteiger partial charge in [-0.3, -0.25) is 9.69 Å². The zero-order valence-electron chi connectivity index (χ0n) is 15.2. The van der Waals surface area contributed by atoms with Crippen molar-refractivity contribution in [1.82, 2.24) is 9.80 Å². The van der Waals surface area contributed by atoms with Gasteiger partial charge in [0.15, 0.2) is 5.11 Å². The number of carbonyl (C=O) groups excluding carboxylic acids is 1. The van der Waals surface area contributed by atoms with Gasteiger partial charge in [0.2, 0.25) is 0 Å². The second-order valence-corrected chi connectivity index (χ2v) is 9.75. The Hall–Kier alpha value is -0.720. The standard InChI is InChI=1S/C20H17BrI2N2O2S/c1-3-25-19(26)17(24(2)20(25)28)10-13-8-15(22)18(16(23)9-13)27-11-12-4-6-14(21)7-5-12/h4-10H,3,11H2,1-2H3/b17-10-. The van der Waals surface area contributed by atoms with Gasteiger partial charge in [-0.05, 0) is 106 Å². The minimum atomic E-state index is -0.0596. The summed E-state index contributed by atoms with van der Waals surface area (Å²) in [4.78, 5) is 15.9. The minimum absolute atomic E-state index is 0.0596. The Kier molecular flexibility index (Phi) is 7.37. The third kappa shape index (κ3) is 4.71. The predicted octanol–water partition coefficient (Wildman–Crippen LogP) is 5.66. The molecule has 0 bridgehead atoms. The summed E-state index contributed by atoms with van der Waals surface area (Å²) in [6.07, 6.45) is 1.88. The SMILES string of the molecule is CCN1C(=O)/C(=C/c2cc(I)c(OCc3ccc(Br)cc3)c(I)c2)N(C)C1=S. The number of benzene rings is 2. The molecule has 1 aliphatic rings. The van der Waals surface area contributed by atoms with Crippen molar-refractivity contribution in [3.8, 4) is 5.75 Å². The molecule has 4 nitrogen and oxygen atoms in total. The fourth-order valence-corrected chi connectivity index (χ4v) is 5.49. The van der Waals surface area contributed by atoms with E-state index in [0.29, 0.717) is 24.0 Å². The largest absolute Gasteiger partial charge is 0.487 e. The maximum atomic E-state index is 12.6. The molecule has 0 radical (unpaired) electrons. The van der Waals surface area contributed by atoms with Gasteiger partial charge < -0.3 is 9.64 Å². The lowest BCUT2D eigenvalue weighted by atomic mass is 10.1. The molecule has 0 atom stereocenters. The Labute approximate surface area is 205 Å². The van der Waals surface area contributed by atoms with Crippen molar-refractivity contribution >= 4 is 90.4 Å². The highest BCUT2D eigenvalue weighted by Gasteiger charge is 2.34. The first kappa shape index (κ1) is 22.0. The summed E-state index contributed by atoms with van der Waals surface area (Å²) in [5.41, 5.74) is 2.63. The van der Waals surface area contributed by atoms with Crippen molar-refractivity contribution in [2.75, 3.05) is 13.6 Å². The third-order valence-electron chi connectivity index (χ3n) is 4.28. The summed E-state index contributed by atoms with van der Waals surface area (Å²) < 4.78 is 9.09. The zero-order chi connectivity index (χ0) is 20.4. The Bertz CT molecular complexity index is 940. The lowest BCUT2D eigenvalue weighted by Gasteiger charge is -2.14. The van der Waals surface area contributed by atoms with Crippen LogP contribution in [0.4, 0.5) is 0 Å². The van der Waals surface area contributed by atoms with E-state index in [-0.39, 0.29) is 5.91 Å². The summed E-state index contributed by atoms with van der Waals surface area (Å²) in [5.74, 6) is 0.790. The maximum absolute atomic E-state index is 12.6.